The van der Waals surface area contributed by atoms with Crippen LogP contribution >= 0.6 is 11.3 Å². The monoisotopic (exact) mass is 529 g/mol. The number of nitrogen functional groups attached to an aromatic ring is 1. The second-order valence-electron chi connectivity index (χ2n) is 9.10. The largest absolute Gasteiger partial charge is 0.383 e. The number of nitrogens with zero attached hydrogens (tertiary/aromatic N) is 5. The molecule has 8 nitrogen and oxygen atoms in total. The minimum Gasteiger partial charge on any atom is -0.383 e. The molecule has 9 heteroatoms. The highest BCUT2D eigenvalue weighted by atomic mass is 32.1. The number of benzene rings is 1. The van der Waals surface area contributed by atoms with Gasteiger partial charge in [0.05, 0.1) is 44.8 Å². The number of nitrogens with two attached hydrogens (primary N) is 1. The molecule has 0 radical (unpaired) electrons. The molecule has 190 valence electrons. The van der Waals surface area contributed by atoms with E-state index in [1.54, 1.807) is 40.7 Å². The summed E-state index contributed by atoms with van der Waals surface area (Å²) >= 11 is 1.57. The first-order chi connectivity index (χ1) is 19.0. The number of aryl methyl sites for hydroxylation is 1. The Kier molecular flexibility index (Phi) is 6.23. The summed E-state index contributed by atoms with van der Waals surface area (Å²) in [4.78, 5) is 27.2. The highest BCUT2D eigenvalue weighted by molar-refractivity contribution is 7.17. The fraction of sp³-hybridized carbons (Fsp3) is 0.100. The number of rotatable bonds is 4. The summed E-state index contributed by atoms with van der Waals surface area (Å²) in [5, 5.41) is 10.0. The van der Waals surface area contributed by atoms with E-state index in [2.05, 4.69) is 38.3 Å². The van der Waals surface area contributed by atoms with Gasteiger partial charge in [-0.2, -0.15) is 5.10 Å². The van der Waals surface area contributed by atoms with Gasteiger partial charge in [0.25, 0.3) is 5.91 Å². The number of aromatic nitrogens is 5. The van der Waals surface area contributed by atoms with Crippen LogP contribution in [0.1, 0.15) is 40.0 Å². The average Bonchev–Trinajstić information content (AvgIpc) is 3.56. The maximum Gasteiger partial charge on any atom is 0.257 e. The molecule has 3 N–H and O–H groups in total. The van der Waals surface area contributed by atoms with Crippen molar-refractivity contribution in [2.75, 3.05) is 5.73 Å². The Labute approximate surface area is 228 Å². The van der Waals surface area contributed by atoms with Crippen molar-refractivity contribution in [1.82, 2.24) is 30.0 Å². The van der Waals surface area contributed by atoms with Crippen molar-refractivity contribution in [3.63, 3.8) is 0 Å². The number of fused-ring (bicyclic) bond motifs is 2. The van der Waals surface area contributed by atoms with Crippen molar-refractivity contribution in [3.05, 3.63) is 101 Å². The topological polar surface area (TPSA) is 112 Å². The Morgan fingerprint density at radius 1 is 1.08 bits per heavy atom. The quantitative estimate of drug-likeness (QED) is 0.307. The van der Waals surface area contributed by atoms with Crippen LogP contribution in [-0.4, -0.2) is 30.6 Å². The second-order valence-corrected chi connectivity index (χ2v) is 10.0. The molecular weight excluding hydrogens is 506 g/mol. The highest BCUT2D eigenvalue weighted by Gasteiger charge is 2.22. The van der Waals surface area contributed by atoms with Gasteiger partial charge in [-0.1, -0.05) is 42.2 Å². The van der Waals surface area contributed by atoms with Crippen LogP contribution < -0.4 is 11.1 Å². The van der Waals surface area contributed by atoms with Gasteiger partial charge in [-0.15, -0.1) is 11.3 Å². The van der Waals surface area contributed by atoms with E-state index in [9.17, 15) is 4.79 Å². The second kappa shape index (κ2) is 10.0. The Morgan fingerprint density at radius 2 is 1.92 bits per heavy atom. The summed E-state index contributed by atoms with van der Waals surface area (Å²) in [7, 11) is 1.86. The molecule has 0 aliphatic heterocycles. The smallest absolute Gasteiger partial charge is 0.257 e. The lowest BCUT2D eigenvalue weighted by Crippen LogP contribution is -2.28. The third-order valence-electron chi connectivity index (χ3n) is 6.39. The lowest BCUT2D eigenvalue weighted by molar-refractivity contribution is 0.0942. The van der Waals surface area contributed by atoms with Crippen molar-refractivity contribution in [3.8, 4) is 23.1 Å². The summed E-state index contributed by atoms with van der Waals surface area (Å²) in [6.45, 7) is 1.94. The van der Waals surface area contributed by atoms with Gasteiger partial charge in [0.1, 0.15) is 11.4 Å². The molecule has 6 rings (SSSR count). The number of amides is 1. The lowest BCUT2D eigenvalue weighted by Gasteiger charge is -2.19. The SMILES string of the molecule is CC(NC(=O)c1c(N)ncc2cccnc12)c1cc2scc(C#Cc3cnn(C)c3)c2nc1-c1ccccc1. The first-order valence-corrected chi connectivity index (χ1v) is 13.1. The maximum atomic E-state index is 13.5. The van der Waals surface area contributed by atoms with Crippen LogP contribution in [0.15, 0.2) is 78.7 Å². The number of hydrogen-bond donors (Lipinski definition) is 2. The summed E-state index contributed by atoms with van der Waals surface area (Å²) in [5.41, 5.74) is 12.0. The predicted octanol–water partition coefficient (Wildman–Crippen LogP) is 5.11. The molecule has 0 saturated carbocycles. The third kappa shape index (κ3) is 4.69. The molecule has 1 amide bonds. The van der Waals surface area contributed by atoms with E-state index in [0.29, 0.717) is 5.52 Å². The molecule has 5 aromatic heterocycles. The van der Waals surface area contributed by atoms with Gasteiger partial charge in [0.2, 0.25) is 0 Å². The summed E-state index contributed by atoms with van der Waals surface area (Å²) < 4.78 is 2.70. The maximum absolute atomic E-state index is 13.5. The molecule has 6 aromatic rings. The van der Waals surface area contributed by atoms with Crippen LogP contribution in [0.2, 0.25) is 0 Å². The molecular formula is C30H23N7OS. The summed E-state index contributed by atoms with van der Waals surface area (Å²) in [6, 6.07) is 15.3. The zero-order valence-corrected chi connectivity index (χ0v) is 22.0. The predicted molar refractivity (Wildman–Crippen MR) is 154 cm³/mol. The van der Waals surface area contributed by atoms with E-state index < -0.39 is 0 Å². The molecule has 39 heavy (non-hydrogen) atoms. The van der Waals surface area contributed by atoms with E-state index >= 15 is 0 Å². The minimum atomic E-state index is -0.380. The average molecular weight is 530 g/mol. The fourth-order valence-corrected chi connectivity index (χ4v) is 5.35. The molecule has 0 saturated heterocycles. The van der Waals surface area contributed by atoms with Gasteiger partial charge in [0, 0.05) is 47.5 Å². The molecule has 0 aliphatic carbocycles. The third-order valence-corrected chi connectivity index (χ3v) is 7.30. The fourth-order valence-electron chi connectivity index (χ4n) is 4.47. The number of thiophene rings is 1. The van der Waals surface area contributed by atoms with E-state index in [0.717, 1.165) is 43.6 Å². The first-order valence-electron chi connectivity index (χ1n) is 12.3. The van der Waals surface area contributed by atoms with Crippen LogP contribution in [0.3, 0.4) is 0 Å². The molecule has 0 fully saturated rings. The van der Waals surface area contributed by atoms with E-state index in [1.807, 2.05) is 61.9 Å². The van der Waals surface area contributed by atoms with Gasteiger partial charge in [-0.25, -0.2) is 9.97 Å². The molecule has 0 spiro atoms. The summed E-state index contributed by atoms with van der Waals surface area (Å²) in [5.74, 6) is 6.22. The highest BCUT2D eigenvalue weighted by Crippen LogP contribution is 2.34. The van der Waals surface area contributed by atoms with Crippen LogP contribution in [0.5, 0.6) is 0 Å². The number of hydrogen-bond acceptors (Lipinski definition) is 7. The number of pyridine rings is 3. The first kappa shape index (κ1) is 24.3. The Balaban J connectivity index is 1.41. The molecule has 1 atom stereocenters. The van der Waals surface area contributed by atoms with E-state index in [1.165, 1.54) is 0 Å². The normalized spacial score (nSPS) is 11.7. The zero-order valence-electron chi connectivity index (χ0n) is 21.2. The molecule has 1 unspecified atom stereocenters. The van der Waals surface area contributed by atoms with Crippen LogP contribution in [0.4, 0.5) is 5.82 Å². The zero-order chi connectivity index (χ0) is 26.9. The van der Waals surface area contributed by atoms with Gasteiger partial charge >= 0.3 is 0 Å². The Morgan fingerprint density at radius 3 is 2.72 bits per heavy atom. The number of nitrogens with one attached hydrogen (secondary N) is 1. The van der Waals surface area contributed by atoms with Crippen molar-refractivity contribution >= 4 is 44.2 Å². The van der Waals surface area contributed by atoms with E-state index in [-0.39, 0.29) is 23.3 Å². The molecule has 5 heterocycles. The summed E-state index contributed by atoms with van der Waals surface area (Å²) in [6.07, 6.45) is 6.87. The van der Waals surface area contributed by atoms with Crippen molar-refractivity contribution in [2.24, 2.45) is 7.05 Å². The van der Waals surface area contributed by atoms with Gasteiger partial charge < -0.3 is 11.1 Å². The number of carbonyl (C=O) groups excluding carboxylic acids is 1. The number of anilines is 1. The van der Waals surface area contributed by atoms with Crippen molar-refractivity contribution in [1.29, 1.82) is 0 Å². The van der Waals surface area contributed by atoms with Gasteiger partial charge in [0.15, 0.2) is 0 Å². The standard InChI is InChI=1S/C30H23N7OS/c1-18(35-30(38)25-28-21(9-6-12-32-28)15-33-29(25)31)23-13-24-27(36-26(23)20-7-4-3-5-8-20)22(17-39-24)11-10-19-14-34-37(2)16-19/h3-9,12-18H,1-2H3,(H2,31,33)(H,35,38). The molecule has 0 bridgehead atoms. The minimum absolute atomic E-state index is 0.137. The lowest BCUT2D eigenvalue weighted by atomic mass is 9.99. The van der Waals surface area contributed by atoms with Crippen LogP contribution in [0.25, 0.3) is 32.4 Å². The van der Waals surface area contributed by atoms with Gasteiger partial charge in [-0.3, -0.25) is 14.5 Å². The Hall–Kier alpha value is -5.07. The molecule has 1 aromatic carbocycles. The van der Waals surface area contributed by atoms with Crippen LogP contribution in [-0.2, 0) is 7.05 Å². The van der Waals surface area contributed by atoms with Gasteiger partial charge in [-0.05, 0) is 25.1 Å². The van der Waals surface area contributed by atoms with Crippen molar-refractivity contribution < 1.29 is 4.79 Å². The number of carbonyl (C=O) groups is 1. The molecule has 0 aliphatic rings. The Bertz CT molecular complexity index is 1910. The van der Waals surface area contributed by atoms with Crippen LogP contribution in [0, 0.1) is 11.8 Å². The van der Waals surface area contributed by atoms with E-state index in [4.69, 9.17) is 10.7 Å². The van der Waals surface area contributed by atoms with Crippen molar-refractivity contribution in [2.45, 2.75) is 13.0 Å².